The van der Waals surface area contributed by atoms with Gasteiger partial charge in [0.05, 0.1) is 4.90 Å². The second-order valence-corrected chi connectivity index (χ2v) is 9.58. The molecule has 0 unspecified atom stereocenters. The summed E-state index contributed by atoms with van der Waals surface area (Å²) in [5.41, 5.74) is 1.12. The molecule has 0 radical (unpaired) electrons. The van der Waals surface area contributed by atoms with Crippen LogP contribution < -0.4 is 19.5 Å². The van der Waals surface area contributed by atoms with Crippen LogP contribution in [-0.2, 0) is 20.2 Å². The Hall–Kier alpha value is -3.07. The van der Waals surface area contributed by atoms with E-state index in [1.54, 1.807) is 25.1 Å². The number of ether oxygens (including phenoxy) is 2. The molecule has 2 aromatic carbocycles. The van der Waals surface area contributed by atoms with Gasteiger partial charge >= 0.3 is 0 Å². The van der Waals surface area contributed by atoms with E-state index in [-0.39, 0.29) is 28.8 Å². The summed E-state index contributed by atoms with van der Waals surface area (Å²) in [6.07, 6.45) is 0. The standard InChI is InChI=1S/C21H23N3O5S/c1-13(23-19-15-6-4-5-7-18(15)30(26,27)24-19)20(25)22-11-21(2,3)14-8-9-16-17(10-14)29-12-28-16/h4-10,13H,11-12H2,1-3H3,(H,22,25)(H,23,24)/t13-/m0/s1. The molecule has 2 aliphatic rings. The summed E-state index contributed by atoms with van der Waals surface area (Å²) in [4.78, 5) is 17.1. The molecule has 0 aliphatic carbocycles. The van der Waals surface area contributed by atoms with Crippen molar-refractivity contribution in [3.8, 4) is 11.5 Å². The van der Waals surface area contributed by atoms with Crippen molar-refractivity contribution in [2.75, 3.05) is 13.3 Å². The smallest absolute Gasteiger partial charge is 0.263 e. The van der Waals surface area contributed by atoms with Crippen LogP contribution in [0.1, 0.15) is 31.9 Å². The lowest BCUT2D eigenvalue weighted by Gasteiger charge is -2.26. The summed E-state index contributed by atoms with van der Waals surface area (Å²) in [5.74, 6) is 1.30. The molecule has 2 heterocycles. The highest BCUT2D eigenvalue weighted by Crippen LogP contribution is 2.36. The third-order valence-corrected chi connectivity index (χ3v) is 6.62. The molecule has 0 aromatic heterocycles. The number of carbonyl (C=O) groups is 1. The Labute approximate surface area is 175 Å². The summed E-state index contributed by atoms with van der Waals surface area (Å²) in [6, 6.07) is 11.5. The van der Waals surface area contributed by atoms with E-state index in [1.165, 1.54) is 6.07 Å². The van der Waals surface area contributed by atoms with Gasteiger partial charge in [0.25, 0.3) is 10.0 Å². The highest BCUT2D eigenvalue weighted by molar-refractivity contribution is 7.90. The average molecular weight is 429 g/mol. The Morgan fingerprint density at radius 1 is 1.20 bits per heavy atom. The number of amides is 1. The Bertz CT molecular complexity index is 1140. The molecule has 9 heteroatoms. The molecule has 1 atom stereocenters. The topological polar surface area (TPSA) is 106 Å². The molecule has 0 fully saturated rings. The van der Waals surface area contributed by atoms with E-state index in [1.807, 2.05) is 32.0 Å². The Kier molecular flexibility index (Phi) is 4.93. The van der Waals surface area contributed by atoms with Crippen LogP contribution in [0.25, 0.3) is 0 Å². The van der Waals surface area contributed by atoms with E-state index < -0.39 is 16.1 Å². The SMILES string of the molecule is C[C@H](N=C1NS(=O)(=O)c2ccccc21)C(=O)NCC(C)(C)c1ccc2c(c1)OCO2. The molecule has 158 valence electrons. The molecular formula is C21H23N3O5S. The van der Waals surface area contributed by atoms with E-state index in [0.29, 0.717) is 23.6 Å². The van der Waals surface area contributed by atoms with Crippen molar-refractivity contribution in [1.82, 2.24) is 10.0 Å². The van der Waals surface area contributed by atoms with E-state index in [9.17, 15) is 13.2 Å². The number of fused-ring (bicyclic) bond motifs is 2. The number of aliphatic imine (C=N–C) groups is 1. The lowest BCUT2D eigenvalue weighted by atomic mass is 9.84. The lowest BCUT2D eigenvalue weighted by Crippen LogP contribution is -2.41. The first-order valence-electron chi connectivity index (χ1n) is 9.55. The third kappa shape index (κ3) is 3.72. The van der Waals surface area contributed by atoms with Crippen LogP contribution in [0.4, 0.5) is 0 Å². The maximum absolute atomic E-state index is 12.6. The molecule has 4 rings (SSSR count). The van der Waals surface area contributed by atoms with Gasteiger partial charge in [-0.1, -0.05) is 32.0 Å². The number of nitrogens with one attached hydrogen (secondary N) is 2. The van der Waals surface area contributed by atoms with E-state index in [4.69, 9.17) is 9.47 Å². The van der Waals surface area contributed by atoms with Gasteiger partial charge in [0.2, 0.25) is 12.7 Å². The van der Waals surface area contributed by atoms with Crippen molar-refractivity contribution in [2.24, 2.45) is 4.99 Å². The number of rotatable bonds is 5. The lowest BCUT2D eigenvalue weighted by molar-refractivity contribution is -0.122. The zero-order valence-corrected chi connectivity index (χ0v) is 17.7. The van der Waals surface area contributed by atoms with Crippen LogP contribution in [-0.4, -0.2) is 39.5 Å². The van der Waals surface area contributed by atoms with Crippen molar-refractivity contribution in [3.05, 3.63) is 53.6 Å². The molecule has 2 aromatic rings. The average Bonchev–Trinajstić information content (AvgIpc) is 3.28. The van der Waals surface area contributed by atoms with E-state index in [0.717, 1.165) is 5.56 Å². The minimum Gasteiger partial charge on any atom is -0.454 e. The molecule has 30 heavy (non-hydrogen) atoms. The maximum atomic E-state index is 12.6. The largest absolute Gasteiger partial charge is 0.454 e. The van der Waals surface area contributed by atoms with Gasteiger partial charge < -0.3 is 14.8 Å². The fourth-order valence-electron chi connectivity index (χ4n) is 3.36. The number of hydrogen-bond acceptors (Lipinski definition) is 6. The summed E-state index contributed by atoms with van der Waals surface area (Å²) in [7, 11) is -3.64. The van der Waals surface area contributed by atoms with E-state index in [2.05, 4.69) is 15.0 Å². The van der Waals surface area contributed by atoms with Gasteiger partial charge in [-0.15, -0.1) is 0 Å². The van der Waals surface area contributed by atoms with Crippen LogP contribution in [0.5, 0.6) is 11.5 Å². The number of benzene rings is 2. The summed E-state index contributed by atoms with van der Waals surface area (Å²) in [5, 5.41) is 2.91. The van der Waals surface area contributed by atoms with Crippen LogP contribution in [0.3, 0.4) is 0 Å². The highest BCUT2D eigenvalue weighted by Gasteiger charge is 2.31. The Morgan fingerprint density at radius 3 is 2.73 bits per heavy atom. The van der Waals surface area contributed by atoms with Crippen molar-refractivity contribution >= 4 is 21.8 Å². The maximum Gasteiger partial charge on any atom is 0.263 e. The van der Waals surface area contributed by atoms with Gasteiger partial charge in [0, 0.05) is 17.5 Å². The van der Waals surface area contributed by atoms with E-state index >= 15 is 0 Å². The fraction of sp³-hybridized carbons (Fsp3) is 0.333. The molecule has 2 N–H and O–H groups in total. The minimum absolute atomic E-state index is 0.167. The number of carbonyl (C=O) groups excluding carboxylic acids is 1. The Balaban J connectivity index is 1.45. The number of amidine groups is 1. The number of sulfonamides is 1. The molecular weight excluding hydrogens is 406 g/mol. The fourth-order valence-corrected chi connectivity index (χ4v) is 4.60. The Morgan fingerprint density at radius 2 is 1.93 bits per heavy atom. The highest BCUT2D eigenvalue weighted by atomic mass is 32.2. The van der Waals surface area contributed by atoms with Crippen molar-refractivity contribution in [1.29, 1.82) is 0 Å². The summed E-state index contributed by atoms with van der Waals surface area (Å²) >= 11 is 0. The molecule has 0 saturated carbocycles. The first-order chi connectivity index (χ1) is 14.2. The van der Waals surface area contributed by atoms with Gasteiger partial charge in [0.1, 0.15) is 11.9 Å². The van der Waals surface area contributed by atoms with Crippen LogP contribution in [0.2, 0.25) is 0 Å². The van der Waals surface area contributed by atoms with Crippen LogP contribution >= 0.6 is 0 Å². The van der Waals surface area contributed by atoms with Gasteiger partial charge in [0.15, 0.2) is 11.5 Å². The van der Waals surface area contributed by atoms with Gasteiger partial charge in [-0.05, 0) is 36.8 Å². The minimum atomic E-state index is -3.64. The van der Waals surface area contributed by atoms with Gasteiger partial charge in [-0.3, -0.25) is 14.5 Å². The first kappa shape index (κ1) is 20.2. The quantitative estimate of drug-likeness (QED) is 0.756. The molecule has 1 amide bonds. The number of hydrogen-bond donors (Lipinski definition) is 2. The predicted molar refractivity (Wildman–Crippen MR) is 111 cm³/mol. The van der Waals surface area contributed by atoms with Crippen LogP contribution in [0, 0.1) is 0 Å². The summed E-state index contributed by atoms with van der Waals surface area (Å²) < 4.78 is 37.6. The first-order valence-corrected chi connectivity index (χ1v) is 11.0. The summed E-state index contributed by atoms with van der Waals surface area (Å²) in [6.45, 7) is 6.25. The third-order valence-electron chi connectivity index (χ3n) is 5.22. The van der Waals surface area contributed by atoms with Crippen molar-refractivity contribution < 1.29 is 22.7 Å². The van der Waals surface area contributed by atoms with Gasteiger partial charge in [-0.25, -0.2) is 8.42 Å². The second-order valence-electron chi connectivity index (χ2n) is 7.93. The van der Waals surface area contributed by atoms with Crippen molar-refractivity contribution in [3.63, 3.8) is 0 Å². The van der Waals surface area contributed by atoms with Gasteiger partial charge in [-0.2, -0.15) is 0 Å². The molecule has 0 saturated heterocycles. The van der Waals surface area contributed by atoms with Crippen molar-refractivity contribution in [2.45, 2.75) is 37.1 Å². The monoisotopic (exact) mass is 429 g/mol. The molecule has 8 nitrogen and oxygen atoms in total. The second kappa shape index (κ2) is 7.32. The zero-order chi connectivity index (χ0) is 21.5. The molecule has 2 aliphatic heterocycles. The van der Waals surface area contributed by atoms with Crippen LogP contribution in [0.15, 0.2) is 52.4 Å². The molecule has 0 spiro atoms. The number of nitrogens with zero attached hydrogens (tertiary/aromatic N) is 1. The zero-order valence-electron chi connectivity index (χ0n) is 16.9. The normalized spacial score (nSPS) is 18.6. The predicted octanol–water partition coefficient (Wildman–Crippen LogP) is 1.94. The molecule has 0 bridgehead atoms.